The average molecular weight is 304 g/mol. The summed E-state index contributed by atoms with van der Waals surface area (Å²) in [6, 6.07) is 14.4. The molecule has 4 nitrogen and oxygen atoms in total. The van der Waals surface area contributed by atoms with Crippen molar-refractivity contribution in [2.45, 2.75) is 13.5 Å². The molecule has 5 heteroatoms. The SMILES string of the molecule is CCNCc1ccccc1NC(=O)Nc1ccc(Cl)cc1. The highest BCUT2D eigenvalue weighted by Gasteiger charge is 2.06. The van der Waals surface area contributed by atoms with E-state index in [9.17, 15) is 4.79 Å². The summed E-state index contributed by atoms with van der Waals surface area (Å²) >= 11 is 5.81. The minimum Gasteiger partial charge on any atom is -0.313 e. The minimum absolute atomic E-state index is 0.277. The number of rotatable bonds is 5. The molecule has 2 aromatic carbocycles. The maximum atomic E-state index is 12.0. The van der Waals surface area contributed by atoms with E-state index >= 15 is 0 Å². The van der Waals surface area contributed by atoms with Crippen molar-refractivity contribution in [2.75, 3.05) is 17.2 Å². The molecule has 0 aromatic heterocycles. The highest BCUT2D eigenvalue weighted by molar-refractivity contribution is 6.30. The van der Waals surface area contributed by atoms with E-state index in [2.05, 4.69) is 16.0 Å². The lowest BCUT2D eigenvalue weighted by atomic mass is 10.2. The van der Waals surface area contributed by atoms with Crippen LogP contribution < -0.4 is 16.0 Å². The van der Waals surface area contributed by atoms with Crippen molar-refractivity contribution in [3.05, 3.63) is 59.1 Å². The fraction of sp³-hybridized carbons (Fsp3) is 0.188. The van der Waals surface area contributed by atoms with Crippen LogP contribution in [0.25, 0.3) is 0 Å². The van der Waals surface area contributed by atoms with Crippen molar-refractivity contribution < 1.29 is 4.79 Å². The zero-order valence-electron chi connectivity index (χ0n) is 11.8. The topological polar surface area (TPSA) is 53.2 Å². The van der Waals surface area contributed by atoms with E-state index in [1.165, 1.54) is 0 Å². The zero-order chi connectivity index (χ0) is 15.1. The van der Waals surface area contributed by atoms with Crippen LogP contribution in [0.5, 0.6) is 0 Å². The largest absolute Gasteiger partial charge is 0.323 e. The lowest BCUT2D eigenvalue weighted by Crippen LogP contribution is -2.21. The number of benzene rings is 2. The summed E-state index contributed by atoms with van der Waals surface area (Å²) in [6.07, 6.45) is 0. The molecule has 0 saturated heterocycles. The van der Waals surface area contributed by atoms with Gasteiger partial charge in [0.2, 0.25) is 0 Å². The van der Waals surface area contributed by atoms with Crippen LogP contribution in [0, 0.1) is 0 Å². The van der Waals surface area contributed by atoms with Crippen molar-refractivity contribution in [1.29, 1.82) is 0 Å². The average Bonchev–Trinajstić information content (AvgIpc) is 2.49. The Morgan fingerprint density at radius 3 is 2.48 bits per heavy atom. The monoisotopic (exact) mass is 303 g/mol. The van der Waals surface area contributed by atoms with Gasteiger partial charge in [-0.15, -0.1) is 0 Å². The fourth-order valence-corrected chi connectivity index (χ4v) is 2.00. The number of nitrogens with one attached hydrogen (secondary N) is 3. The van der Waals surface area contributed by atoms with Crippen molar-refractivity contribution in [3.63, 3.8) is 0 Å². The Labute approximate surface area is 129 Å². The highest BCUT2D eigenvalue weighted by Crippen LogP contribution is 2.17. The summed E-state index contributed by atoms with van der Waals surface area (Å²) in [5.41, 5.74) is 2.54. The molecule has 2 amide bonds. The highest BCUT2D eigenvalue weighted by atomic mass is 35.5. The van der Waals surface area contributed by atoms with Gasteiger partial charge in [0.15, 0.2) is 0 Å². The zero-order valence-corrected chi connectivity index (χ0v) is 12.6. The molecule has 0 aliphatic carbocycles. The van der Waals surface area contributed by atoms with Gasteiger partial charge in [0, 0.05) is 22.9 Å². The predicted molar refractivity (Wildman–Crippen MR) is 87.9 cm³/mol. The fourth-order valence-electron chi connectivity index (χ4n) is 1.87. The van der Waals surface area contributed by atoms with Crippen molar-refractivity contribution in [2.24, 2.45) is 0 Å². The molecule has 0 aliphatic rings. The smallest absolute Gasteiger partial charge is 0.313 e. The Morgan fingerprint density at radius 1 is 1.05 bits per heavy atom. The predicted octanol–water partition coefficient (Wildman–Crippen LogP) is 4.09. The second kappa shape index (κ2) is 7.67. The van der Waals surface area contributed by atoms with Gasteiger partial charge in [-0.05, 0) is 42.4 Å². The number of hydrogen-bond donors (Lipinski definition) is 3. The first-order chi connectivity index (χ1) is 10.2. The molecule has 0 aliphatic heterocycles. The Morgan fingerprint density at radius 2 is 1.76 bits per heavy atom. The quantitative estimate of drug-likeness (QED) is 0.779. The number of anilines is 2. The van der Waals surface area contributed by atoms with Crippen LogP contribution in [0.3, 0.4) is 0 Å². The molecule has 2 aromatic rings. The second-order valence-electron chi connectivity index (χ2n) is 4.52. The van der Waals surface area contributed by atoms with Gasteiger partial charge in [-0.25, -0.2) is 4.79 Å². The van der Waals surface area contributed by atoms with Crippen LogP contribution in [-0.4, -0.2) is 12.6 Å². The molecule has 3 N–H and O–H groups in total. The van der Waals surface area contributed by atoms with E-state index in [1.807, 2.05) is 31.2 Å². The first kappa shape index (κ1) is 15.4. The summed E-state index contributed by atoms with van der Waals surface area (Å²) in [7, 11) is 0. The maximum Gasteiger partial charge on any atom is 0.323 e. The molecule has 21 heavy (non-hydrogen) atoms. The molecule has 0 saturated carbocycles. The molecule has 0 bridgehead atoms. The van der Waals surface area contributed by atoms with Gasteiger partial charge in [-0.2, -0.15) is 0 Å². The maximum absolute atomic E-state index is 12.0. The summed E-state index contributed by atoms with van der Waals surface area (Å²) < 4.78 is 0. The third kappa shape index (κ3) is 4.77. The first-order valence-electron chi connectivity index (χ1n) is 6.81. The van der Waals surface area contributed by atoms with Gasteiger partial charge in [-0.1, -0.05) is 36.7 Å². The summed E-state index contributed by atoms with van der Waals surface area (Å²) in [5.74, 6) is 0. The number of carbonyl (C=O) groups excluding carboxylic acids is 1. The van der Waals surface area contributed by atoms with Gasteiger partial charge >= 0.3 is 6.03 Å². The lowest BCUT2D eigenvalue weighted by Gasteiger charge is -2.12. The molecule has 0 atom stereocenters. The van der Waals surface area contributed by atoms with Crippen LogP contribution in [0.2, 0.25) is 5.02 Å². The van der Waals surface area contributed by atoms with Crippen LogP contribution in [0.15, 0.2) is 48.5 Å². The van der Waals surface area contributed by atoms with E-state index in [0.29, 0.717) is 17.3 Å². The van der Waals surface area contributed by atoms with Crippen molar-refractivity contribution in [3.8, 4) is 0 Å². The second-order valence-corrected chi connectivity index (χ2v) is 4.96. The normalized spacial score (nSPS) is 10.2. The molecule has 0 spiro atoms. The molecule has 110 valence electrons. The number of amides is 2. The first-order valence-corrected chi connectivity index (χ1v) is 7.19. The molecule has 2 rings (SSSR count). The summed E-state index contributed by atoms with van der Waals surface area (Å²) in [4.78, 5) is 12.0. The van der Waals surface area contributed by atoms with E-state index < -0.39 is 0 Å². The summed E-state index contributed by atoms with van der Waals surface area (Å²) in [6.45, 7) is 3.64. The van der Waals surface area contributed by atoms with Gasteiger partial charge < -0.3 is 16.0 Å². The molecule has 0 heterocycles. The minimum atomic E-state index is -0.277. The number of urea groups is 1. The number of para-hydroxylation sites is 1. The van der Waals surface area contributed by atoms with Gasteiger partial charge in [0.05, 0.1) is 0 Å². The molecule has 0 radical (unpaired) electrons. The number of carbonyl (C=O) groups is 1. The van der Waals surface area contributed by atoms with Crippen LogP contribution >= 0.6 is 11.6 Å². The van der Waals surface area contributed by atoms with E-state index in [4.69, 9.17) is 11.6 Å². The van der Waals surface area contributed by atoms with Crippen molar-refractivity contribution in [1.82, 2.24) is 5.32 Å². The van der Waals surface area contributed by atoms with E-state index in [1.54, 1.807) is 24.3 Å². The van der Waals surface area contributed by atoms with Crippen LogP contribution in [0.4, 0.5) is 16.2 Å². The molecular weight excluding hydrogens is 286 g/mol. The van der Waals surface area contributed by atoms with Crippen LogP contribution in [-0.2, 0) is 6.54 Å². The molecule has 0 fully saturated rings. The van der Waals surface area contributed by atoms with Gasteiger partial charge in [0.25, 0.3) is 0 Å². The van der Waals surface area contributed by atoms with Crippen molar-refractivity contribution >= 4 is 29.0 Å². The molecule has 0 unspecified atom stereocenters. The lowest BCUT2D eigenvalue weighted by molar-refractivity contribution is 0.262. The molecular formula is C16H18ClN3O. The number of halogens is 1. The third-order valence-electron chi connectivity index (χ3n) is 2.93. The van der Waals surface area contributed by atoms with E-state index in [-0.39, 0.29) is 6.03 Å². The Hall–Kier alpha value is -2.04. The standard InChI is InChI=1S/C16H18ClN3O/c1-2-18-11-12-5-3-4-6-15(12)20-16(21)19-14-9-7-13(17)8-10-14/h3-10,18H,2,11H2,1H3,(H2,19,20,21). The number of hydrogen-bond acceptors (Lipinski definition) is 2. The Bertz CT molecular complexity index is 599. The Kier molecular flexibility index (Phi) is 5.60. The third-order valence-corrected chi connectivity index (χ3v) is 3.19. The van der Waals surface area contributed by atoms with Gasteiger partial charge in [0.1, 0.15) is 0 Å². The van der Waals surface area contributed by atoms with E-state index in [0.717, 1.165) is 17.8 Å². The van der Waals surface area contributed by atoms with Gasteiger partial charge in [-0.3, -0.25) is 0 Å². The Balaban J connectivity index is 2.00. The summed E-state index contributed by atoms with van der Waals surface area (Å²) in [5, 5.41) is 9.52. The van der Waals surface area contributed by atoms with Crippen LogP contribution in [0.1, 0.15) is 12.5 Å².